The third kappa shape index (κ3) is 62.0. The van der Waals surface area contributed by atoms with Gasteiger partial charge in [-0.15, -0.1) is 0 Å². The van der Waals surface area contributed by atoms with E-state index in [0.29, 0.717) is 19.3 Å². The van der Waals surface area contributed by atoms with Crippen molar-refractivity contribution in [1.29, 1.82) is 0 Å². The van der Waals surface area contributed by atoms with Crippen molar-refractivity contribution in [2.75, 3.05) is 13.2 Å². The summed E-state index contributed by atoms with van der Waals surface area (Å²) in [7, 11) is 0. The van der Waals surface area contributed by atoms with Gasteiger partial charge in [0.15, 0.2) is 6.10 Å². The second kappa shape index (κ2) is 64.6. The lowest BCUT2D eigenvalue weighted by Crippen LogP contribution is -2.30. The van der Waals surface area contributed by atoms with Crippen molar-refractivity contribution >= 4 is 17.9 Å². The Hall–Kier alpha value is -2.89. The molecule has 0 saturated carbocycles. The molecule has 0 rings (SSSR count). The van der Waals surface area contributed by atoms with Crippen LogP contribution in [-0.4, -0.2) is 37.2 Å². The maximum Gasteiger partial charge on any atom is 0.306 e. The van der Waals surface area contributed by atoms with Crippen LogP contribution in [0, 0.1) is 0 Å². The van der Waals surface area contributed by atoms with E-state index in [2.05, 4.69) is 81.5 Å². The minimum atomic E-state index is -0.783. The van der Waals surface area contributed by atoms with Crippen LogP contribution in [0.2, 0.25) is 0 Å². The van der Waals surface area contributed by atoms with Crippen LogP contribution in [0.1, 0.15) is 348 Å². The van der Waals surface area contributed by atoms with E-state index in [1.165, 1.54) is 231 Å². The minimum Gasteiger partial charge on any atom is -0.462 e. The van der Waals surface area contributed by atoms with Crippen LogP contribution in [0.25, 0.3) is 0 Å². The van der Waals surface area contributed by atoms with E-state index in [1.54, 1.807) is 0 Å². The highest BCUT2D eigenvalue weighted by molar-refractivity contribution is 5.71. The second-order valence-electron chi connectivity index (χ2n) is 22.4. The van der Waals surface area contributed by atoms with Gasteiger partial charge in [-0.3, -0.25) is 14.4 Å². The molecule has 0 bridgehead atoms. The Balaban J connectivity index is 4.37. The molecule has 0 spiro atoms. The van der Waals surface area contributed by atoms with Crippen molar-refractivity contribution in [1.82, 2.24) is 0 Å². The first-order chi connectivity index (χ1) is 37.5. The van der Waals surface area contributed by atoms with Crippen LogP contribution in [0.15, 0.2) is 60.8 Å². The highest BCUT2D eigenvalue weighted by Crippen LogP contribution is 2.16. The number of esters is 3. The molecule has 0 aliphatic heterocycles. The van der Waals surface area contributed by atoms with Gasteiger partial charge in [0, 0.05) is 19.3 Å². The Labute approximate surface area is 472 Å². The second-order valence-corrected chi connectivity index (χ2v) is 22.4. The molecule has 0 aromatic rings. The molecule has 0 aromatic heterocycles. The topological polar surface area (TPSA) is 78.9 Å². The molecule has 0 saturated heterocycles. The van der Waals surface area contributed by atoms with Crippen LogP contribution in [0.4, 0.5) is 0 Å². The zero-order valence-electron chi connectivity index (χ0n) is 50.8. The number of hydrogen-bond acceptors (Lipinski definition) is 6. The van der Waals surface area contributed by atoms with Gasteiger partial charge in [0.2, 0.25) is 0 Å². The molecule has 0 aliphatic rings. The van der Waals surface area contributed by atoms with Gasteiger partial charge in [0.05, 0.1) is 0 Å². The van der Waals surface area contributed by atoms with Crippen molar-refractivity contribution in [2.45, 2.75) is 354 Å². The summed E-state index contributed by atoms with van der Waals surface area (Å²) < 4.78 is 17.0. The van der Waals surface area contributed by atoms with Crippen LogP contribution in [0.5, 0.6) is 0 Å². The summed E-state index contributed by atoms with van der Waals surface area (Å²) in [6.45, 7) is 6.66. The molecule has 0 aliphatic carbocycles. The standard InChI is InChI=1S/C70H126O6/c1-4-7-10-13-16-19-22-25-28-31-33-34-35-36-37-40-42-45-48-51-54-57-60-63-69(72)75-66-67(65-74-68(71)62-59-56-53-50-47-44-41-38-30-27-24-21-18-15-12-9-6-3)76-70(73)64-61-58-55-52-49-46-43-39-32-29-26-23-20-17-14-11-8-5-2/h22,25,27,29-33,35-36,67H,4-21,23-24,26,28,34,37-66H2,1-3H3/b25-22-,30-27-,32-29-,33-31-,36-35-. The van der Waals surface area contributed by atoms with E-state index in [4.69, 9.17) is 14.2 Å². The quantitative estimate of drug-likeness (QED) is 0.0261. The third-order valence-corrected chi connectivity index (χ3v) is 14.7. The summed E-state index contributed by atoms with van der Waals surface area (Å²) >= 11 is 0. The van der Waals surface area contributed by atoms with E-state index >= 15 is 0 Å². The normalized spacial score (nSPS) is 12.4. The van der Waals surface area contributed by atoms with Crippen molar-refractivity contribution < 1.29 is 28.6 Å². The van der Waals surface area contributed by atoms with Gasteiger partial charge in [0.1, 0.15) is 13.2 Å². The highest BCUT2D eigenvalue weighted by atomic mass is 16.6. The van der Waals surface area contributed by atoms with Gasteiger partial charge in [-0.25, -0.2) is 0 Å². The van der Waals surface area contributed by atoms with Gasteiger partial charge < -0.3 is 14.2 Å². The Bertz CT molecular complexity index is 1360. The number of allylic oxidation sites excluding steroid dienone is 10. The fraction of sp³-hybridized carbons (Fsp3) is 0.814. The number of rotatable bonds is 61. The van der Waals surface area contributed by atoms with Crippen LogP contribution < -0.4 is 0 Å². The molecule has 442 valence electrons. The minimum absolute atomic E-state index is 0.0787. The van der Waals surface area contributed by atoms with Gasteiger partial charge in [-0.05, 0) is 109 Å². The van der Waals surface area contributed by atoms with Crippen molar-refractivity contribution in [3.05, 3.63) is 60.8 Å². The van der Waals surface area contributed by atoms with E-state index < -0.39 is 6.10 Å². The number of ether oxygens (including phenoxy) is 3. The smallest absolute Gasteiger partial charge is 0.306 e. The van der Waals surface area contributed by atoms with Crippen molar-refractivity contribution in [3.63, 3.8) is 0 Å². The van der Waals surface area contributed by atoms with E-state index in [0.717, 1.165) is 77.0 Å². The molecule has 0 N–H and O–H groups in total. The molecule has 6 nitrogen and oxygen atoms in total. The SMILES string of the molecule is CCCCCCC/C=C\C/C=C\C/C=C\CCCCCCCCCCC(=O)OCC(COC(=O)CCCCCCCCC/C=C\CCCCCCCC)OC(=O)CCCCCCCCC/C=C\CCCCCCCCC. The molecule has 1 atom stereocenters. The average molecular weight is 1060 g/mol. The molecular formula is C70H126O6. The monoisotopic (exact) mass is 1060 g/mol. The lowest BCUT2D eigenvalue weighted by molar-refractivity contribution is -0.167. The molecule has 1 unspecified atom stereocenters. The van der Waals surface area contributed by atoms with Gasteiger partial charge in [0.25, 0.3) is 0 Å². The maximum absolute atomic E-state index is 12.9. The number of carbonyl (C=O) groups excluding carboxylic acids is 3. The van der Waals surface area contributed by atoms with E-state index in [-0.39, 0.29) is 31.1 Å². The van der Waals surface area contributed by atoms with E-state index in [1.807, 2.05) is 0 Å². The van der Waals surface area contributed by atoms with Gasteiger partial charge in [-0.1, -0.05) is 281 Å². The zero-order chi connectivity index (χ0) is 55.0. The van der Waals surface area contributed by atoms with Gasteiger partial charge in [-0.2, -0.15) is 0 Å². The number of carbonyl (C=O) groups is 3. The summed E-state index contributed by atoms with van der Waals surface area (Å²) in [5.74, 6) is -0.876. The lowest BCUT2D eigenvalue weighted by atomic mass is 10.1. The van der Waals surface area contributed by atoms with Crippen molar-refractivity contribution in [3.8, 4) is 0 Å². The summed E-state index contributed by atoms with van der Waals surface area (Å²) in [6, 6.07) is 0. The largest absolute Gasteiger partial charge is 0.462 e. The Morgan fingerprint density at radius 2 is 0.474 bits per heavy atom. The summed E-state index contributed by atoms with van der Waals surface area (Å²) in [5, 5.41) is 0. The first kappa shape index (κ1) is 73.1. The molecule has 76 heavy (non-hydrogen) atoms. The first-order valence-electron chi connectivity index (χ1n) is 33.3. The van der Waals surface area contributed by atoms with Crippen LogP contribution >= 0.6 is 0 Å². The number of unbranched alkanes of at least 4 members (excludes halogenated alkanes) is 40. The Kier molecular flexibility index (Phi) is 62.2. The average Bonchev–Trinajstić information content (AvgIpc) is 3.42. The fourth-order valence-corrected chi connectivity index (χ4v) is 9.68. The molecule has 0 fully saturated rings. The maximum atomic E-state index is 12.9. The fourth-order valence-electron chi connectivity index (χ4n) is 9.68. The molecule has 0 heterocycles. The predicted molar refractivity (Wildman–Crippen MR) is 330 cm³/mol. The van der Waals surface area contributed by atoms with Crippen LogP contribution in [-0.2, 0) is 28.6 Å². The number of hydrogen-bond donors (Lipinski definition) is 0. The first-order valence-corrected chi connectivity index (χ1v) is 33.3. The Morgan fingerprint density at radius 1 is 0.263 bits per heavy atom. The predicted octanol–water partition coefficient (Wildman–Crippen LogP) is 22.7. The third-order valence-electron chi connectivity index (χ3n) is 14.7. The van der Waals surface area contributed by atoms with Crippen LogP contribution in [0.3, 0.4) is 0 Å². The molecule has 6 heteroatoms. The highest BCUT2D eigenvalue weighted by Gasteiger charge is 2.19. The lowest BCUT2D eigenvalue weighted by Gasteiger charge is -2.18. The summed E-state index contributed by atoms with van der Waals surface area (Å²) in [6.07, 6.45) is 82.2. The molecule has 0 radical (unpaired) electrons. The summed E-state index contributed by atoms with van der Waals surface area (Å²) in [4.78, 5) is 38.4. The molecular weight excluding hydrogens is 937 g/mol. The van der Waals surface area contributed by atoms with Crippen molar-refractivity contribution in [2.24, 2.45) is 0 Å². The zero-order valence-corrected chi connectivity index (χ0v) is 50.8. The summed E-state index contributed by atoms with van der Waals surface area (Å²) in [5.41, 5.74) is 0. The Morgan fingerprint density at radius 3 is 0.750 bits per heavy atom. The molecule has 0 amide bonds. The molecule has 0 aromatic carbocycles. The van der Waals surface area contributed by atoms with E-state index in [9.17, 15) is 14.4 Å². The van der Waals surface area contributed by atoms with Gasteiger partial charge >= 0.3 is 17.9 Å².